The number of benzene rings is 1. The van der Waals surface area contributed by atoms with E-state index in [0.29, 0.717) is 11.6 Å². The van der Waals surface area contributed by atoms with Crippen molar-refractivity contribution in [2.45, 2.75) is 25.9 Å². The van der Waals surface area contributed by atoms with Crippen LogP contribution in [0.2, 0.25) is 0 Å². The molecule has 0 atom stereocenters. The van der Waals surface area contributed by atoms with E-state index >= 15 is 0 Å². The highest BCUT2D eigenvalue weighted by molar-refractivity contribution is 7.15. The number of rotatable bonds is 5. The zero-order chi connectivity index (χ0) is 15.5. The summed E-state index contributed by atoms with van der Waals surface area (Å²) in [7, 11) is 0. The number of aromatic nitrogens is 1. The monoisotopic (exact) mass is 316 g/mol. The lowest BCUT2D eigenvalue weighted by molar-refractivity contribution is -0.153. The lowest BCUT2D eigenvalue weighted by Gasteiger charge is -2.09. The number of halogens is 3. The minimum Gasteiger partial charge on any atom is -0.484 e. The number of nitrogens with zero attached hydrogens (tertiary/aromatic N) is 1. The second-order valence-electron chi connectivity index (χ2n) is 4.50. The molecule has 3 nitrogen and oxygen atoms in total. The first kappa shape index (κ1) is 15.6. The van der Waals surface area contributed by atoms with Crippen molar-refractivity contribution in [2.24, 2.45) is 0 Å². The maximum absolute atomic E-state index is 12.1. The fourth-order valence-corrected chi connectivity index (χ4v) is 2.83. The van der Waals surface area contributed by atoms with Crippen LogP contribution < -0.4 is 10.5 Å². The van der Waals surface area contributed by atoms with Crippen LogP contribution in [-0.2, 0) is 12.8 Å². The predicted octanol–water partition coefficient (Wildman–Crippen LogP) is 3.82. The number of aryl methyl sites for hydroxylation is 1. The van der Waals surface area contributed by atoms with E-state index in [0.717, 1.165) is 22.6 Å². The van der Waals surface area contributed by atoms with Crippen LogP contribution in [-0.4, -0.2) is 17.8 Å². The summed E-state index contributed by atoms with van der Waals surface area (Å²) in [5.41, 5.74) is 7.64. The molecule has 2 rings (SSSR count). The van der Waals surface area contributed by atoms with Crippen LogP contribution in [0.3, 0.4) is 0 Å². The molecule has 7 heteroatoms. The summed E-state index contributed by atoms with van der Waals surface area (Å²) in [6.45, 7) is 0.726. The standard InChI is InChI=1S/C14H15F3N2OS/c1-2-11-12(21-13(18)19-11)7-9-3-5-10(6-4-9)20-8-14(15,16)17/h3-6H,2,7-8H2,1H3,(H2,18,19). The zero-order valence-electron chi connectivity index (χ0n) is 11.4. The van der Waals surface area contributed by atoms with Crippen LogP contribution >= 0.6 is 11.3 Å². The lowest BCUT2D eigenvalue weighted by Crippen LogP contribution is -2.19. The third-order valence-electron chi connectivity index (χ3n) is 2.82. The van der Waals surface area contributed by atoms with Gasteiger partial charge in [0.05, 0.1) is 5.69 Å². The first-order chi connectivity index (χ1) is 9.87. The van der Waals surface area contributed by atoms with Gasteiger partial charge >= 0.3 is 6.18 Å². The topological polar surface area (TPSA) is 48.1 Å². The van der Waals surface area contributed by atoms with Gasteiger partial charge in [0.1, 0.15) is 5.75 Å². The van der Waals surface area contributed by atoms with Crippen molar-refractivity contribution >= 4 is 16.5 Å². The summed E-state index contributed by atoms with van der Waals surface area (Å²) in [6, 6.07) is 6.58. The molecule has 0 aliphatic carbocycles. The average Bonchev–Trinajstić information content (AvgIpc) is 2.77. The number of alkyl halides is 3. The molecule has 0 saturated heterocycles. The molecule has 0 aliphatic rings. The van der Waals surface area contributed by atoms with E-state index in [4.69, 9.17) is 5.73 Å². The highest BCUT2D eigenvalue weighted by atomic mass is 32.1. The first-order valence-corrected chi connectivity index (χ1v) is 7.21. The molecule has 21 heavy (non-hydrogen) atoms. The van der Waals surface area contributed by atoms with Crippen molar-refractivity contribution in [3.05, 3.63) is 40.4 Å². The lowest BCUT2D eigenvalue weighted by atomic mass is 10.1. The Morgan fingerprint density at radius 1 is 1.24 bits per heavy atom. The molecule has 2 N–H and O–H groups in total. The van der Waals surface area contributed by atoms with Crippen LogP contribution in [0.4, 0.5) is 18.3 Å². The van der Waals surface area contributed by atoms with Gasteiger partial charge in [-0.25, -0.2) is 4.98 Å². The molecule has 1 heterocycles. The van der Waals surface area contributed by atoms with Gasteiger partial charge in [0, 0.05) is 11.3 Å². The maximum atomic E-state index is 12.1. The molecular weight excluding hydrogens is 301 g/mol. The first-order valence-electron chi connectivity index (χ1n) is 6.40. The van der Waals surface area contributed by atoms with Crippen LogP contribution in [0, 0.1) is 0 Å². The van der Waals surface area contributed by atoms with Crippen molar-refractivity contribution in [1.29, 1.82) is 0 Å². The van der Waals surface area contributed by atoms with Crippen molar-refractivity contribution < 1.29 is 17.9 Å². The highest BCUT2D eigenvalue weighted by Crippen LogP contribution is 2.25. The van der Waals surface area contributed by atoms with Gasteiger partial charge in [0.25, 0.3) is 0 Å². The Morgan fingerprint density at radius 3 is 2.48 bits per heavy atom. The minimum absolute atomic E-state index is 0.204. The summed E-state index contributed by atoms with van der Waals surface area (Å²) in [5.74, 6) is 0.204. The van der Waals surface area contributed by atoms with Gasteiger partial charge in [0.2, 0.25) is 0 Å². The van der Waals surface area contributed by atoms with Crippen LogP contribution in [0.25, 0.3) is 0 Å². The molecule has 1 aromatic heterocycles. The fourth-order valence-electron chi connectivity index (χ4n) is 1.87. The molecule has 114 valence electrons. The van der Waals surface area contributed by atoms with E-state index in [1.54, 1.807) is 12.1 Å². The third kappa shape index (κ3) is 4.63. The molecule has 0 radical (unpaired) electrons. The molecule has 0 saturated carbocycles. The van der Waals surface area contributed by atoms with Gasteiger partial charge in [-0.1, -0.05) is 19.1 Å². The van der Waals surface area contributed by atoms with Crippen LogP contribution in [0.5, 0.6) is 5.75 Å². The second-order valence-corrected chi connectivity index (χ2v) is 5.62. The molecule has 0 fully saturated rings. The quantitative estimate of drug-likeness (QED) is 0.912. The van der Waals surface area contributed by atoms with Crippen molar-refractivity contribution in [3.8, 4) is 5.75 Å². The summed E-state index contributed by atoms with van der Waals surface area (Å²) in [4.78, 5) is 5.33. The molecule has 1 aromatic carbocycles. The van der Waals surface area contributed by atoms with E-state index in [2.05, 4.69) is 9.72 Å². The van der Waals surface area contributed by atoms with Gasteiger partial charge in [0.15, 0.2) is 11.7 Å². The average molecular weight is 316 g/mol. The largest absolute Gasteiger partial charge is 0.484 e. The summed E-state index contributed by atoms with van der Waals surface area (Å²) in [6.07, 6.45) is -2.86. The number of hydrogen-bond acceptors (Lipinski definition) is 4. The highest BCUT2D eigenvalue weighted by Gasteiger charge is 2.28. The van der Waals surface area contributed by atoms with Gasteiger partial charge in [-0.2, -0.15) is 13.2 Å². The van der Waals surface area contributed by atoms with Crippen LogP contribution in [0.15, 0.2) is 24.3 Å². The van der Waals surface area contributed by atoms with E-state index in [1.165, 1.54) is 23.5 Å². The van der Waals surface area contributed by atoms with E-state index < -0.39 is 12.8 Å². The van der Waals surface area contributed by atoms with Crippen molar-refractivity contribution in [1.82, 2.24) is 4.98 Å². The Balaban J connectivity index is 2.02. The molecule has 0 aliphatic heterocycles. The van der Waals surface area contributed by atoms with Crippen molar-refractivity contribution in [2.75, 3.05) is 12.3 Å². The smallest absolute Gasteiger partial charge is 0.422 e. The number of nitrogens with two attached hydrogens (primary N) is 1. The number of thiazole rings is 1. The zero-order valence-corrected chi connectivity index (χ0v) is 12.2. The van der Waals surface area contributed by atoms with E-state index in [9.17, 15) is 13.2 Å². The molecule has 0 amide bonds. The van der Waals surface area contributed by atoms with E-state index in [-0.39, 0.29) is 5.75 Å². The Morgan fingerprint density at radius 2 is 1.90 bits per heavy atom. The Labute approximate surface area is 124 Å². The number of hydrogen-bond donors (Lipinski definition) is 1. The Bertz CT molecular complexity index is 593. The van der Waals surface area contributed by atoms with Gasteiger partial charge in [-0.15, -0.1) is 11.3 Å². The molecule has 2 aromatic rings. The molecule has 0 unspecified atom stereocenters. The molecule has 0 spiro atoms. The van der Waals surface area contributed by atoms with Gasteiger partial charge < -0.3 is 10.5 Å². The Kier molecular flexibility index (Phi) is 4.72. The molecular formula is C14H15F3N2OS. The number of nitrogen functional groups attached to an aromatic ring is 1. The minimum atomic E-state index is -4.32. The fraction of sp³-hybridized carbons (Fsp3) is 0.357. The third-order valence-corrected chi connectivity index (χ3v) is 3.75. The summed E-state index contributed by atoms with van der Waals surface area (Å²) in [5, 5.41) is 0.534. The van der Waals surface area contributed by atoms with Gasteiger partial charge in [-0.3, -0.25) is 0 Å². The SMILES string of the molecule is CCc1nc(N)sc1Cc1ccc(OCC(F)(F)F)cc1. The summed E-state index contributed by atoms with van der Waals surface area (Å²) >= 11 is 1.44. The van der Waals surface area contributed by atoms with Gasteiger partial charge in [-0.05, 0) is 24.1 Å². The van der Waals surface area contributed by atoms with Crippen molar-refractivity contribution in [3.63, 3.8) is 0 Å². The number of ether oxygens (including phenoxy) is 1. The van der Waals surface area contributed by atoms with Crippen LogP contribution in [0.1, 0.15) is 23.1 Å². The predicted molar refractivity (Wildman–Crippen MR) is 76.7 cm³/mol. The number of anilines is 1. The second kappa shape index (κ2) is 6.34. The molecule has 0 bridgehead atoms. The summed E-state index contributed by atoms with van der Waals surface area (Å²) < 4.78 is 40.8. The maximum Gasteiger partial charge on any atom is 0.422 e. The Hall–Kier alpha value is -1.76. The van der Waals surface area contributed by atoms with E-state index in [1.807, 2.05) is 6.92 Å². The normalized spacial score (nSPS) is 11.6.